The summed E-state index contributed by atoms with van der Waals surface area (Å²) in [4.78, 5) is 86.3. The maximum absolute atomic E-state index is 14.5. The first-order valence-corrected chi connectivity index (χ1v) is 23.9. The van der Waals surface area contributed by atoms with Crippen molar-refractivity contribution in [2.24, 2.45) is 0 Å². The number of hydrogen-bond donors (Lipinski definition) is 6. The second kappa shape index (κ2) is 22.1. The molecule has 0 saturated carbocycles. The highest BCUT2D eigenvalue weighted by molar-refractivity contribution is 5.95. The summed E-state index contributed by atoms with van der Waals surface area (Å²) in [5.74, 6) is -1.56. The van der Waals surface area contributed by atoms with Gasteiger partial charge >= 0.3 is 0 Å². The van der Waals surface area contributed by atoms with Gasteiger partial charge in [0.2, 0.25) is 35.4 Å². The first-order chi connectivity index (χ1) is 31.5. The van der Waals surface area contributed by atoms with Crippen LogP contribution in [-0.2, 0) is 48.0 Å². The Bertz CT molecular complexity index is 2180. The van der Waals surface area contributed by atoms with Crippen molar-refractivity contribution in [3.63, 3.8) is 0 Å². The van der Waals surface area contributed by atoms with Gasteiger partial charge in [0, 0.05) is 13.1 Å². The molecule has 0 spiro atoms. The number of rotatable bonds is 17. The first kappa shape index (κ1) is 47.4. The third-order valence-corrected chi connectivity index (χ3v) is 14.1. The molecule has 1 unspecified atom stereocenters. The number of likely N-dealkylation sites (N-methyl/N-ethyl adjacent to an activating group) is 2. The van der Waals surface area contributed by atoms with Crippen LogP contribution in [-0.4, -0.2) is 103 Å². The summed E-state index contributed by atoms with van der Waals surface area (Å²) in [6, 6.07) is 19.5. The fourth-order valence-electron chi connectivity index (χ4n) is 10.1. The van der Waals surface area contributed by atoms with Crippen molar-refractivity contribution in [1.29, 1.82) is 0 Å². The Balaban J connectivity index is 1.01. The molecule has 2 heterocycles. The van der Waals surface area contributed by atoms with Gasteiger partial charge in [-0.2, -0.15) is 0 Å². The second-order valence-electron chi connectivity index (χ2n) is 18.3. The molecule has 2 aliphatic heterocycles. The van der Waals surface area contributed by atoms with Crippen LogP contribution in [0, 0.1) is 0 Å². The molecule has 7 rings (SSSR count). The lowest BCUT2D eigenvalue weighted by molar-refractivity contribution is -0.142. The van der Waals surface area contributed by atoms with E-state index in [4.69, 9.17) is 0 Å². The molecule has 8 atom stereocenters. The van der Waals surface area contributed by atoms with Gasteiger partial charge in [0.1, 0.15) is 24.2 Å². The predicted molar refractivity (Wildman–Crippen MR) is 249 cm³/mol. The van der Waals surface area contributed by atoms with E-state index in [9.17, 15) is 28.8 Å². The lowest BCUT2D eigenvalue weighted by atomic mass is 9.87. The number of hydrogen-bond acceptors (Lipinski definition) is 8. The largest absolute Gasteiger partial charge is 0.347 e. The van der Waals surface area contributed by atoms with Crippen LogP contribution in [0.4, 0.5) is 0 Å². The fraction of sp³-hybridized carbons (Fsp3) is 0.529. The van der Waals surface area contributed by atoms with Crippen LogP contribution in [0.1, 0.15) is 130 Å². The number of likely N-dealkylation sites (tertiary alicyclic amines) is 2. The van der Waals surface area contributed by atoms with E-state index < -0.39 is 36.3 Å². The highest BCUT2D eigenvalue weighted by atomic mass is 16.2. The van der Waals surface area contributed by atoms with Crippen molar-refractivity contribution in [2.45, 2.75) is 146 Å². The Hall–Kier alpha value is -5.60. The minimum Gasteiger partial charge on any atom is -0.347 e. The lowest BCUT2D eigenvalue weighted by Crippen LogP contribution is -2.55. The number of fused-ring (bicyclic) bond motifs is 2. The summed E-state index contributed by atoms with van der Waals surface area (Å²) < 4.78 is 0. The number of nitrogens with zero attached hydrogens (tertiary/aromatic N) is 2. The van der Waals surface area contributed by atoms with Gasteiger partial charge in [-0.15, -0.1) is 0 Å². The third kappa shape index (κ3) is 11.3. The molecule has 3 aromatic rings. The lowest BCUT2D eigenvalue weighted by Gasteiger charge is -2.32. The molecular weight excluding hydrogens is 821 g/mol. The van der Waals surface area contributed by atoms with Gasteiger partial charge in [-0.1, -0.05) is 72.8 Å². The van der Waals surface area contributed by atoms with Crippen molar-refractivity contribution < 1.29 is 28.8 Å². The van der Waals surface area contributed by atoms with E-state index in [1.165, 1.54) is 11.1 Å². The van der Waals surface area contributed by atoms with Crippen LogP contribution in [0.25, 0.3) is 0 Å². The van der Waals surface area contributed by atoms with Crippen LogP contribution < -0.4 is 31.9 Å². The van der Waals surface area contributed by atoms with Gasteiger partial charge in [0.25, 0.3) is 0 Å². The quantitative estimate of drug-likeness (QED) is 0.117. The molecule has 3 aromatic carbocycles. The summed E-state index contributed by atoms with van der Waals surface area (Å²) in [6.07, 6.45) is 9.57. The van der Waals surface area contributed by atoms with Crippen LogP contribution >= 0.6 is 0 Å². The average Bonchev–Trinajstić information content (AvgIpc) is 4.04. The Labute approximate surface area is 383 Å². The first-order valence-electron chi connectivity index (χ1n) is 23.9. The molecule has 6 N–H and O–H groups in total. The van der Waals surface area contributed by atoms with Gasteiger partial charge in [-0.25, -0.2) is 0 Å². The van der Waals surface area contributed by atoms with E-state index in [1.54, 1.807) is 37.7 Å². The van der Waals surface area contributed by atoms with E-state index in [-0.39, 0.29) is 47.5 Å². The number of amides is 6. The maximum Gasteiger partial charge on any atom is 0.250 e. The van der Waals surface area contributed by atoms with Gasteiger partial charge in [0.15, 0.2) is 0 Å². The van der Waals surface area contributed by atoms with E-state index in [0.717, 1.165) is 55.2 Å². The SMILES string of the molecule is CN[C@@H](C)C(=O)N[C@@H](CCCc1ccc([C@H](NC(=O)[C@H](C)NC)C(=O)N2CCC[C@H]2C(=O)N[C@@H]2CCCc3ccccc32)cc1)C(=O)N1CCCC1C(=O)N[C@@H]1CCCc2ccccc21. The smallest absolute Gasteiger partial charge is 0.250 e. The summed E-state index contributed by atoms with van der Waals surface area (Å²) in [5.41, 5.74) is 6.31. The predicted octanol–water partition coefficient (Wildman–Crippen LogP) is 4.24. The summed E-state index contributed by atoms with van der Waals surface area (Å²) in [5, 5.41) is 18.3. The van der Waals surface area contributed by atoms with E-state index in [2.05, 4.69) is 56.2 Å². The van der Waals surface area contributed by atoms with Crippen LogP contribution in [0.5, 0.6) is 0 Å². The Kier molecular flexibility index (Phi) is 16.1. The summed E-state index contributed by atoms with van der Waals surface area (Å²) in [7, 11) is 3.38. The van der Waals surface area contributed by atoms with Crippen molar-refractivity contribution in [1.82, 2.24) is 41.7 Å². The summed E-state index contributed by atoms with van der Waals surface area (Å²) >= 11 is 0. The van der Waals surface area contributed by atoms with Crippen molar-refractivity contribution >= 4 is 35.4 Å². The zero-order valence-electron chi connectivity index (χ0n) is 38.5. The topological polar surface area (TPSA) is 181 Å². The maximum atomic E-state index is 14.5. The van der Waals surface area contributed by atoms with E-state index >= 15 is 0 Å². The van der Waals surface area contributed by atoms with Gasteiger partial charge in [-0.3, -0.25) is 28.8 Å². The zero-order valence-corrected chi connectivity index (χ0v) is 38.5. The molecule has 4 aliphatic rings. The molecular formula is C51H68N8O6. The van der Waals surface area contributed by atoms with Gasteiger partial charge in [-0.05, 0) is 145 Å². The minimum atomic E-state index is -1.01. The number of nitrogens with one attached hydrogen (secondary N) is 6. The molecule has 0 bridgehead atoms. The molecule has 2 aliphatic carbocycles. The molecule has 0 aromatic heterocycles. The Morgan fingerprint density at radius 2 is 1.09 bits per heavy atom. The third-order valence-electron chi connectivity index (χ3n) is 14.1. The van der Waals surface area contributed by atoms with Crippen molar-refractivity contribution in [3.05, 3.63) is 106 Å². The van der Waals surface area contributed by atoms with Crippen molar-refractivity contribution in [2.75, 3.05) is 27.2 Å². The Morgan fingerprint density at radius 3 is 1.62 bits per heavy atom. The highest BCUT2D eigenvalue weighted by Gasteiger charge is 2.41. The molecule has 65 heavy (non-hydrogen) atoms. The number of benzene rings is 3. The van der Waals surface area contributed by atoms with Gasteiger partial charge in [0.05, 0.1) is 24.2 Å². The number of carbonyl (C=O) groups excluding carboxylic acids is 6. The van der Waals surface area contributed by atoms with E-state index in [0.29, 0.717) is 63.6 Å². The Morgan fingerprint density at radius 1 is 0.600 bits per heavy atom. The molecule has 6 amide bonds. The zero-order chi connectivity index (χ0) is 46.0. The molecule has 2 saturated heterocycles. The number of aryl methyl sites for hydroxylation is 3. The molecule has 0 radical (unpaired) electrons. The second-order valence-corrected chi connectivity index (χ2v) is 18.3. The van der Waals surface area contributed by atoms with Crippen LogP contribution in [0.3, 0.4) is 0 Å². The summed E-state index contributed by atoms with van der Waals surface area (Å²) in [6.45, 7) is 4.31. The molecule has 14 heteroatoms. The van der Waals surface area contributed by atoms with Gasteiger partial charge < -0.3 is 41.7 Å². The normalized spacial score (nSPS) is 22.1. The van der Waals surface area contributed by atoms with E-state index in [1.807, 2.05) is 48.5 Å². The standard InChI is InChI=1S/C51H68N8O6/c1-32(52-3)46(60)56-42(50(64)58-30-12-24-43(58)48(62)54-40-21-10-17-35-15-5-7-19-38(35)40)23-9-14-34-26-28-37(29-27-34)45(57-47(61)33(2)53-4)51(65)59-31-13-25-44(59)49(63)55-41-22-11-18-36-16-6-8-20-39(36)41/h5-8,15-16,19-20,26-29,32-33,40-45,52-53H,9-14,17-18,21-25,30-31H2,1-4H3,(H,54,62)(H,55,63)(H,56,60)(H,57,61)/t32-,33-,40+,41+,42-,43?,44-,45-/m0/s1. The van der Waals surface area contributed by atoms with Crippen molar-refractivity contribution in [3.8, 4) is 0 Å². The van der Waals surface area contributed by atoms with Crippen LogP contribution in [0.15, 0.2) is 72.8 Å². The van der Waals surface area contributed by atoms with Crippen LogP contribution in [0.2, 0.25) is 0 Å². The molecule has 2 fully saturated rings. The monoisotopic (exact) mass is 889 g/mol. The highest BCUT2D eigenvalue weighted by Crippen LogP contribution is 2.33. The number of carbonyl (C=O) groups is 6. The minimum absolute atomic E-state index is 0.0983. The average molecular weight is 889 g/mol. The fourth-order valence-corrected chi connectivity index (χ4v) is 10.1. The molecule has 14 nitrogen and oxygen atoms in total. The molecule has 348 valence electrons.